The molecule has 0 bridgehead atoms. The molecule has 8 heteroatoms. The lowest BCUT2D eigenvalue weighted by Crippen LogP contribution is -2.35. The van der Waals surface area contributed by atoms with E-state index in [-0.39, 0.29) is 11.9 Å². The second-order valence-electron chi connectivity index (χ2n) is 8.18. The van der Waals surface area contributed by atoms with Gasteiger partial charge in [0.15, 0.2) is 11.0 Å². The smallest absolute Gasteiger partial charge is 0.308 e. The van der Waals surface area contributed by atoms with Crippen molar-refractivity contribution in [1.82, 2.24) is 10.3 Å². The predicted molar refractivity (Wildman–Crippen MR) is 119 cm³/mol. The van der Waals surface area contributed by atoms with E-state index in [1.165, 1.54) is 7.11 Å². The Labute approximate surface area is 192 Å². The SMILES string of the molecule is COC(=O)[C@H]1CC[C@H](NCc2nc(C3CCOCC3)oc2Sc2ccc(Cl)cc2)CC1. The van der Waals surface area contributed by atoms with E-state index >= 15 is 0 Å². The van der Waals surface area contributed by atoms with Crippen molar-refractivity contribution in [2.45, 2.75) is 67.0 Å². The molecule has 0 spiro atoms. The molecular weight excluding hydrogens is 436 g/mol. The molecule has 1 aromatic carbocycles. The van der Waals surface area contributed by atoms with Gasteiger partial charge in [-0.15, -0.1) is 0 Å². The van der Waals surface area contributed by atoms with Gasteiger partial charge in [0, 0.05) is 41.6 Å². The summed E-state index contributed by atoms with van der Waals surface area (Å²) in [6.45, 7) is 2.16. The Morgan fingerprint density at radius 3 is 2.55 bits per heavy atom. The molecule has 6 nitrogen and oxygen atoms in total. The van der Waals surface area contributed by atoms with Crippen LogP contribution in [0.3, 0.4) is 0 Å². The van der Waals surface area contributed by atoms with E-state index in [4.69, 9.17) is 30.5 Å². The van der Waals surface area contributed by atoms with Gasteiger partial charge in [0.1, 0.15) is 5.69 Å². The van der Waals surface area contributed by atoms with Gasteiger partial charge in [-0.2, -0.15) is 0 Å². The first kappa shape index (κ1) is 22.6. The number of carbonyl (C=O) groups excluding carboxylic acids is 1. The molecular formula is C23H29ClN2O4S. The van der Waals surface area contributed by atoms with Crippen LogP contribution in [-0.4, -0.2) is 37.3 Å². The van der Waals surface area contributed by atoms with Crippen molar-refractivity contribution in [2.75, 3.05) is 20.3 Å². The van der Waals surface area contributed by atoms with Crippen LogP contribution in [0.1, 0.15) is 56.0 Å². The first-order valence-corrected chi connectivity index (χ1v) is 12.1. The fraction of sp³-hybridized carbons (Fsp3) is 0.565. The molecule has 2 aromatic rings. The summed E-state index contributed by atoms with van der Waals surface area (Å²) >= 11 is 7.61. The van der Waals surface area contributed by atoms with Crippen LogP contribution in [0.2, 0.25) is 5.02 Å². The van der Waals surface area contributed by atoms with Crippen LogP contribution < -0.4 is 5.32 Å². The quantitative estimate of drug-likeness (QED) is 0.565. The third-order valence-electron chi connectivity index (χ3n) is 6.09. The van der Waals surface area contributed by atoms with Gasteiger partial charge in [-0.25, -0.2) is 4.98 Å². The van der Waals surface area contributed by atoms with Crippen LogP contribution in [0.25, 0.3) is 0 Å². The van der Waals surface area contributed by atoms with E-state index < -0.39 is 0 Å². The van der Waals surface area contributed by atoms with Gasteiger partial charge >= 0.3 is 5.97 Å². The number of benzene rings is 1. The number of methoxy groups -OCH3 is 1. The number of oxazole rings is 1. The molecule has 168 valence electrons. The molecule has 4 rings (SSSR count). The lowest BCUT2D eigenvalue weighted by Gasteiger charge is -2.27. The molecule has 0 amide bonds. The maximum Gasteiger partial charge on any atom is 0.308 e. The minimum absolute atomic E-state index is 0.0336. The first-order chi connectivity index (χ1) is 15.1. The zero-order valence-corrected chi connectivity index (χ0v) is 19.3. The molecule has 1 N–H and O–H groups in total. The number of carbonyl (C=O) groups is 1. The maximum atomic E-state index is 11.8. The maximum absolute atomic E-state index is 11.8. The van der Waals surface area contributed by atoms with Crippen molar-refractivity contribution < 1.29 is 18.7 Å². The molecule has 1 aromatic heterocycles. The molecule has 2 heterocycles. The highest BCUT2D eigenvalue weighted by Crippen LogP contribution is 2.36. The summed E-state index contributed by atoms with van der Waals surface area (Å²) in [5.41, 5.74) is 0.941. The number of esters is 1. The van der Waals surface area contributed by atoms with Crippen LogP contribution in [-0.2, 0) is 20.8 Å². The van der Waals surface area contributed by atoms with Crippen LogP contribution in [0.5, 0.6) is 0 Å². The monoisotopic (exact) mass is 464 g/mol. The molecule has 2 fully saturated rings. The van der Waals surface area contributed by atoms with E-state index in [2.05, 4.69) is 5.32 Å². The van der Waals surface area contributed by atoms with Gasteiger partial charge in [-0.3, -0.25) is 4.79 Å². The lowest BCUT2D eigenvalue weighted by molar-refractivity contribution is -0.146. The minimum Gasteiger partial charge on any atom is -0.469 e. The van der Waals surface area contributed by atoms with Crippen LogP contribution in [0.4, 0.5) is 0 Å². The van der Waals surface area contributed by atoms with Crippen LogP contribution in [0, 0.1) is 5.92 Å². The summed E-state index contributed by atoms with van der Waals surface area (Å²) in [7, 11) is 1.47. The topological polar surface area (TPSA) is 73.6 Å². The number of aromatic nitrogens is 1. The molecule has 0 radical (unpaired) electrons. The highest BCUT2D eigenvalue weighted by molar-refractivity contribution is 7.99. The molecule has 1 aliphatic heterocycles. The summed E-state index contributed by atoms with van der Waals surface area (Å²) in [5.74, 6) is 1.07. The molecule has 2 aliphatic rings. The van der Waals surface area contributed by atoms with Gasteiger partial charge in [-0.05, 0) is 62.8 Å². The minimum atomic E-state index is -0.0855. The first-order valence-electron chi connectivity index (χ1n) is 10.9. The van der Waals surface area contributed by atoms with E-state index in [0.717, 1.165) is 73.3 Å². The number of ether oxygens (including phenoxy) is 2. The Kier molecular flexibility index (Phi) is 7.93. The summed E-state index contributed by atoms with van der Waals surface area (Å²) in [6.07, 6.45) is 5.53. The van der Waals surface area contributed by atoms with Crippen LogP contribution >= 0.6 is 23.4 Å². The fourth-order valence-electron chi connectivity index (χ4n) is 4.22. The highest BCUT2D eigenvalue weighted by Gasteiger charge is 2.28. The van der Waals surface area contributed by atoms with E-state index in [0.29, 0.717) is 23.5 Å². The average Bonchev–Trinajstić information content (AvgIpc) is 3.22. The Hall–Kier alpha value is -1.54. The zero-order chi connectivity index (χ0) is 21.6. The zero-order valence-electron chi connectivity index (χ0n) is 17.8. The Bertz CT molecular complexity index is 859. The van der Waals surface area contributed by atoms with Crippen molar-refractivity contribution in [3.8, 4) is 0 Å². The van der Waals surface area contributed by atoms with Gasteiger partial charge in [0.25, 0.3) is 0 Å². The van der Waals surface area contributed by atoms with Gasteiger partial charge < -0.3 is 19.2 Å². The number of nitrogens with zero attached hydrogens (tertiary/aromatic N) is 1. The van der Waals surface area contributed by atoms with Crippen molar-refractivity contribution in [2.24, 2.45) is 5.92 Å². The number of hydrogen-bond acceptors (Lipinski definition) is 7. The third-order valence-corrected chi connectivity index (χ3v) is 7.36. The molecule has 1 saturated carbocycles. The summed E-state index contributed by atoms with van der Waals surface area (Å²) in [4.78, 5) is 17.7. The Balaban J connectivity index is 1.42. The normalized spacial score (nSPS) is 22.4. The third kappa shape index (κ3) is 6.04. The van der Waals surface area contributed by atoms with Crippen LogP contribution in [0.15, 0.2) is 38.7 Å². The van der Waals surface area contributed by atoms with Gasteiger partial charge in [-0.1, -0.05) is 23.4 Å². The second-order valence-corrected chi connectivity index (χ2v) is 9.66. The Morgan fingerprint density at radius 1 is 1.16 bits per heavy atom. The molecule has 31 heavy (non-hydrogen) atoms. The van der Waals surface area contributed by atoms with E-state index in [1.807, 2.05) is 24.3 Å². The lowest BCUT2D eigenvalue weighted by atomic mass is 9.86. The highest BCUT2D eigenvalue weighted by atomic mass is 35.5. The number of halogens is 1. The van der Waals surface area contributed by atoms with Gasteiger partial charge in [0.2, 0.25) is 0 Å². The number of nitrogens with one attached hydrogen (secondary N) is 1. The Morgan fingerprint density at radius 2 is 1.87 bits per heavy atom. The second kappa shape index (κ2) is 10.9. The predicted octanol–water partition coefficient (Wildman–Crippen LogP) is 5.19. The van der Waals surface area contributed by atoms with Gasteiger partial charge in [0.05, 0.1) is 13.0 Å². The van der Waals surface area contributed by atoms with E-state index in [9.17, 15) is 4.79 Å². The van der Waals surface area contributed by atoms with E-state index in [1.54, 1.807) is 11.8 Å². The average molecular weight is 465 g/mol. The molecule has 1 aliphatic carbocycles. The summed E-state index contributed by atoms with van der Waals surface area (Å²) in [5, 5.41) is 5.18. The van der Waals surface area contributed by atoms with Crippen molar-refractivity contribution in [1.29, 1.82) is 0 Å². The van der Waals surface area contributed by atoms with Crippen molar-refractivity contribution in [3.05, 3.63) is 40.9 Å². The molecule has 0 atom stereocenters. The molecule has 0 unspecified atom stereocenters. The summed E-state index contributed by atoms with van der Waals surface area (Å²) in [6, 6.07) is 8.14. The standard InChI is InChI=1S/C23H29ClN2O4S/c1-28-22(27)16-2-6-18(7-3-16)25-14-20-23(31-19-8-4-17(24)5-9-19)30-21(26-20)15-10-12-29-13-11-15/h4-5,8-9,15-16,18,25H,2-3,6-7,10-14H2,1H3/t16-,18-. The summed E-state index contributed by atoms with van der Waals surface area (Å²) < 4.78 is 16.6. The van der Waals surface area contributed by atoms with Crippen molar-refractivity contribution >= 4 is 29.3 Å². The largest absolute Gasteiger partial charge is 0.469 e. The number of hydrogen-bond donors (Lipinski definition) is 1. The van der Waals surface area contributed by atoms with Crippen molar-refractivity contribution in [3.63, 3.8) is 0 Å². The fourth-order valence-corrected chi connectivity index (χ4v) is 5.19. The molecule has 1 saturated heterocycles. The number of rotatable bonds is 7.